The number of phenolic OH excluding ortho intramolecular Hbond substituents is 1. The molecule has 0 aliphatic rings. The molecule has 3 N–H and O–H groups in total. The van der Waals surface area contributed by atoms with Gasteiger partial charge in [-0.05, 0) is 59.7 Å². The second kappa shape index (κ2) is 14.0. The van der Waals surface area contributed by atoms with Crippen molar-refractivity contribution in [1.82, 2.24) is 4.98 Å². The number of alkyl halides is 3. The Hall–Kier alpha value is -1.74. The number of aliphatic carboxylic acids is 1. The van der Waals surface area contributed by atoms with Crippen LogP contribution in [0.4, 0.5) is 22.0 Å². The van der Waals surface area contributed by atoms with Crippen LogP contribution in [0.5, 0.6) is 5.75 Å². The minimum Gasteiger partial charge on any atom is -1.00 e. The molecule has 0 bridgehead atoms. The third-order valence-corrected chi connectivity index (χ3v) is 7.20. The molecule has 1 aromatic heterocycles. The molecular weight excluding hydrogens is 595 g/mol. The van der Waals surface area contributed by atoms with E-state index in [1.54, 1.807) is 0 Å². The summed E-state index contributed by atoms with van der Waals surface area (Å²) in [5.74, 6) is -3.26. The predicted molar refractivity (Wildman–Crippen MR) is 133 cm³/mol. The number of halogens is 5. The number of hydrogen-bond donors (Lipinski definition) is 3. The molecule has 3 aromatic carbocycles. The molecule has 0 aliphatic carbocycles. The number of nitrogens with zero attached hydrogens (tertiary/aromatic N) is 1. The summed E-state index contributed by atoms with van der Waals surface area (Å²) in [7, 11) is 0. The summed E-state index contributed by atoms with van der Waals surface area (Å²) in [5.41, 5.74) is -3.83. The average Bonchev–Trinajstić information content (AvgIpc) is 3.37. The van der Waals surface area contributed by atoms with E-state index in [4.69, 9.17) is 0 Å². The van der Waals surface area contributed by atoms with Gasteiger partial charge in [-0.15, -0.1) is 11.3 Å². The van der Waals surface area contributed by atoms with E-state index in [1.165, 1.54) is 35.7 Å². The van der Waals surface area contributed by atoms with Gasteiger partial charge in [-0.2, -0.15) is 13.2 Å². The van der Waals surface area contributed by atoms with Gasteiger partial charge in [0, 0.05) is 38.6 Å². The summed E-state index contributed by atoms with van der Waals surface area (Å²) in [6, 6.07) is 11.5. The molecule has 0 radical (unpaired) electrons. The van der Waals surface area contributed by atoms with Gasteiger partial charge in [0.1, 0.15) is 22.4 Å². The predicted octanol–water partition coefficient (Wildman–Crippen LogP) is 0.826. The van der Waals surface area contributed by atoms with Crippen molar-refractivity contribution in [2.45, 2.75) is 21.6 Å². The molecule has 0 saturated carbocycles. The molecule has 200 valence electrons. The van der Waals surface area contributed by atoms with Crippen molar-refractivity contribution in [3.63, 3.8) is 0 Å². The van der Waals surface area contributed by atoms with Crippen LogP contribution in [0.15, 0.2) is 88.1 Å². The monoisotopic (exact) mass is 613 g/mol. The van der Waals surface area contributed by atoms with Crippen molar-refractivity contribution in [1.29, 1.82) is 0 Å². The van der Waals surface area contributed by atoms with Crippen molar-refractivity contribution in [2.75, 3.05) is 0 Å². The molecule has 0 fully saturated rings. The second-order valence-electron chi connectivity index (χ2n) is 7.91. The smallest absolute Gasteiger partial charge is 1.00 e. The fourth-order valence-electron chi connectivity index (χ4n) is 3.65. The van der Waals surface area contributed by atoms with Crippen LogP contribution in [0.2, 0.25) is 0 Å². The molecule has 1 unspecified atom stereocenters. The maximum atomic E-state index is 14.4. The van der Waals surface area contributed by atoms with Gasteiger partial charge >= 0.3 is 71.3 Å². The molecule has 5 nitrogen and oxygen atoms in total. The first-order valence-corrected chi connectivity index (χ1v) is 12.3. The van der Waals surface area contributed by atoms with E-state index in [1.807, 2.05) is 0 Å². The van der Waals surface area contributed by atoms with E-state index in [9.17, 15) is 42.1 Å². The molecule has 40 heavy (non-hydrogen) atoms. The SMILES string of the molecule is O=C(O)/C=C(/c1ccc(F)cc1)c1ccc(Sc2cc(F)cc(C(O)(c3nccs3)C(F)(F)F)c2)cc1O.[H-].[H-].[Na+].[Na+]. The zero-order chi connectivity index (χ0) is 27.7. The maximum Gasteiger partial charge on any atom is 1.00 e. The van der Waals surface area contributed by atoms with E-state index < -0.39 is 40.0 Å². The Bertz CT molecular complexity index is 1530. The molecule has 4 rings (SSSR count). The van der Waals surface area contributed by atoms with E-state index in [0.29, 0.717) is 23.0 Å². The molecular formula is C26H18F5NNa2O4S2. The molecule has 14 heteroatoms. The zero-order valence-corrected chi connectivity index (χ0v) is 26.5. The molecule has 0 aliphatic heterocycles. The first kappa shape index (κ1) is 34.5. The number of carboxylic acid groups (broad SMARTS) is 1. The van der Waals surface area contributed by atoms with Crippen LogP contribution < -0.4 is 59.1 Å². The van der Waals surface area contributed by atoms with Gasteiger partial charge in [0.05, 0.1) is 0 Å². The average molecular weight is 614 g/mol. The third kappa shape index (κ3) is 7.55. The standard InChI is InChI=1S/C26H16F5NO4S2.2Na.2H/c27-16-3-1-14(2-4-16)21(13-23(34)35)20-6-5-18(12-22(20)33)38-19-10-15(9-17(28)11-19)25(36,26(29,30)31)24-32-7-8-37-24;;;;/h1-13,33,36H,(H,34,35);;;;/q;2*+1;2*-1/b21-13-;;;;. The third-order valence-electron chi connectivity index (χ3n) is 5.36. The Morgan fingerprint density at radius 3 is 2.17 bits per heavy atom. The van der Waals surface area contributed by atoms with Crippen LogP contribution in [0.25, 0.3) is 5.57 Å². The van der Waals surface area contributed by atoms with Crippen LogP contribution in [-0.2, 0) is 10.4 Å². The zero-order valence-electron chi connectivity index (χ0n) is 22.9. The van der Waals surface area contributed by atoms with Crippen molar-refractivity contribution >= 4 is 34.6 Å². The Kier molecular flexibility index (Phi) is 12.0. The molecule has 0 spiro atoms. The fraction of sp³-hybridized carbons (Fsp3) is 0.0769. The number of aliphatic hydroxyl groups is 1. The summed E-state index contributed by atoms with van der Waals surface area (Å²) in [6.07, 6.45) is -3.27. The van der Waals surface area contributed by atoms with Gasteiger partial charge in [-0.1, -0.05) is 23.9 Å². The van der Waals surface area contributed by atoms with Gasteiger partial charge in [0.25, 0.3) is 0 Å². The van der Waals surface area contributed by atoms with E-state index in [0.717, 1.165) is 48.3 Å². The molecule has 0 saturated heterocycles. The molecule has 1 atom stereocenters. The van der Waals surface area contributed by atoms with Gasteiger partial charge < -0.3 is 18.2 Å². The summed E-state index contributed by atoms with van der Waals surface area (Å²) in [6.45, 7) is 0. The van der Waals surface area contributed by atoms with Gasteiger partial charge in [-0.3, -0.25) is 0 Å². The van der Waals surface area contributed by atoms with E-state index in [2.05, 4.69) is 4.98 Å². The molecule has 4 aromatic rings. The quantitative estimate of drug-likeness (QED) is 0.163. The minimum atomic E-state index is -5.20. The fourth-order valence-corrected chi connectivity index (χ4v) is 5.36. The van der Waals surface area contributed by atoms with Crippen LogP contribution in [0.3, 0.4) is 0 Å². The topological polar surface area (TPSA) is 90.7 Å². The summed E-state index contributed by atoms with van der Waals surface area (Å²) in [5, 5.41) is 31.2. The number of carbonyl (C=O) groups is 1. The largest absolute Gasteiger partial charge is 1.00 e. The Morgan fingerprint density at radius 2 is 1.62 bits per heavy atom. The van der Waals surface area contributed by atoms with E-state index in [-0.39, 0.29) is 88.6 Å². The Labute approximate surface area is 280 Å². The number of carboxylic acids is 1. The van der Waals surface area contributed by atoms with Crippen molar-refractivity contribution in [2.24, 2.45) is 0 Å². The number of rotatable bonds is 7. The molecule has 1 heterocycles. The summed E-state index contributed by atoms with van der Waals surface area (Å²) < 4.78 is 69.6. The molecule has 0 amide bonds. The Balaban J connectivity index is 0.00000420. The number of phenols is 1. The van der Waals surface area contributed by atoms with Gasteiger partial charge in [0.15, 0.2) is 0 Å². The van der Waals surface area contributed by atoms with Crippen LogP contribution in [-0.4, -0.2) is 32.4 Å². The second-order valence-corrected chi connectivity index (χ2v) is 9.95. The number of aromatic hydroxyl groups is 1. The van der Waals surface area contributed by atoms with Crippen molar-refractivity contribution in [3.05, 3.63) is 112 Å². The Morgan fingerprint density at radius 1 is 0.950 bits per heavy atom. The number of thiazole rings is 1. The van der Waals surface area contributed by atoms with E-state index >= 15 is 0 Å². The van der Waals surface area contributed by atoms with Crippen molar-refractivity contribution < 1.29 is 104 Å². The normalized spacial score (nSPS) is 13.1. The number of hydrogen-bond acceptors (Lipinski definition) is 6. The number of benzene rings is 3. The van der Waals surface area contributed by atoms with Crippen molar-refractivity contribution in [3.8, 4) is 5.75 Å². The first-order chi connectivity index (χ1) is 17.9. The minimum absolute atomic E-state index is 0. The number of aromatic nitrogens is 1. The summed E-state index contributed by atoms with van der Waals surface area (Å²) in [4.78, 5) is 15.2. The van der Waals surface area contributed by atoms with Crippen LogP contribution >= 0.6 is 23.1 Å². The van der Waals surface area contributed by atoms with Crippen LogP contribution in [0, 0.1) is 11.6 Å². The maximum absolute atomic E-state index is 14.4. The van der Waals surface area contributed by atoms with Gasteiger partial charge in [0.2, 0.25) is 5.60 Å². The summed E-state index contributed by atoms with van der Waals surface area (Å²) >= 11 is 1.37. The first-order valence-electron chi connectivity index (χ1n) is 10.6. The van der Waals surface area contributed by atoms with Crippen LogP contribution in [0.1, 0.15) is 24.6 Å². The van der Waals surface area contributed by atoms with Gasteiger partial charge in [-0.25, -0.2) is 18.6 Å².